The number of likely N-dealkylation sites (tertiary alicyclic amines) is 1. The van der Waals surface area contributed by atoms with Gasteiger partial charge in [-0.15, -0.1) is 0 Å². The van der Waals surface area contributed by atoms with Crippen LogP contribution in [0.2, 0.25) is 0 Å². The number of nitrogens with zero attached hydrogens (tertiary/aromatic N) is 2. The Balaban J connectivity index is 1.44. The number of anilines is 1. The number of sulfonamides is 1. The first kappa shape index (κ1) is 22.9. The number of nitrogens with one attached hydrogen (secondary N) is 2. The molecule has 1 aliphatic heterocycles. The Morgan fingerprint density at radius 2 is 1.87 bits per heavy atom. The van der Waals surface area contributed by atoms with Crippen LogP contribution in [0.25, 0.3) is 0 Å². The molecule has 1 fully saturated rings. The van der Waals surface area contributed by atoms with E-state index < -0.39 is 10.0 Å². The van der Waals surface area contributed by atoms with Crippen molar-refractivity contribution in [1.29, 1.82) is 5.26 Å². The molecule has 1 atom stereocenters. The van der Waals surface area contributed by atoms with E-state index in [0.717, 1.165) is 31.5 Å². The standard InChI is InChI=1S/C23H28N4O3S/c1-18-4-10-22(11-5-18)31(29,30)25-16-20-3-2-13-27(17-20)14-12-23(28)26-21-8-6-19(15-24)7-9-21/h4-11,20,25H,2-3,12-14,16-17H2,1H3,(H,26,28). The number of nitriles is 1. The summed E-state index contributed by atoms with van der Waals surface area (Å²) < 4.78 is 27.7. The lowest BCUT2D eigenvalue weighted by molar-refractivity contribution is -0.116. The molecule has 0 aliphatic carbocycles. The number of piperidine rings is 1. The fraction of sp³-hybridized carbons (Fsp3) is 0.391. The quantitative estimate of drug-likeness (QED) is 0.657. The van der Waals surface area contributed by atoms with Gasteiger partial charge in [-0.25, -0.2) is 13.1 Å². The fourth-order valence-electron chi connectivity index (χ4n) is 3.66. The van der Waals surface area contributed by atoms with E-state index in [1.165, 1.54) is 0 Å². The fourth-order valence-corrected chi connectivity index (χ4v) is 4.78. The van der Waals surface area contributed by atoms with Crippen LogP contribution in [-0.4, -0.2) is 45.4 Å². The van der Waals surface area contributed by atoms with Crippen LogP contribution in [0.1, 0.15) is 30.4 Å². The van der Waals surface area contributed by atoms with Crippen molar-refractivity contribution in [1.82, 2.24) is 9.62 Å². The summed E-state index contributed by atoms with van der Waals surface area (Å²) in [5, 5.41) is 11.7. The normalized spacial score (nSPS) is 17.1. The van der Waals surface area contributed by atoms with Gasteiger partial charge >= 0.3 is 0 Å². The molecular formula is C23H28N4O3S. The summed E-state index contributed by atoms with van der Waals surface area (Å²) >= 11 is 0. The van der Waals surface area contributed by atoms with Crippen molar-refractivity contribution < 1.29 is 13.2 Å². The molecule has 1 amide bonds. The van der Waals surface area contributed by atoms with Crippen molar-refractivity contribution in [2.75, 3.05) is 31.5 Å². The number of hydrogen-bond donors (Lipinski definition) is 2. The van der Waals surface area contributed by atoms with Gasteiger partial charge in [0, 0.05) is 31.7 Å². The van der Waals surface area contributed by atoms with Crippen molar-refractivity contribution in [2.45, 2.75) is 31.1 Å². The van der Waals surface area contributed by atoms with Gasteiger partial charge in [0.25, 0.3) is 0 Å². The average molecular weight is 441 g/mol. The molecule has 0 aromatic heterocycles. The second-order valence-corrected chi connectivity index (χ2v) is 9.73. The van der Waals surface area contributed by atoms with Crippen molar-refractivity contribution >= 4 is 21.6 Å². The number of aryl methyl sites for hydroxylation is 1. The van der Waals surface area contributed by atoms with Gasteiger partial charge in [0.05, 0.1) is 16.5 Å². The molecule has 0 spiro atoms. The largest absolute Gasteiger partial charge is 0.326 e. The van der Waals surface area contributed by atoms with Crippen LogP contribution in [0, 0.1) is 24.2 Å². The predicted octanol–water partition coefficient (Wildman–Crippen LogP) is 2.89. The highest BCUT2D eigenvalue weighted by Crippen LogP contribution is 2.18. The second-order valence-electron chi connectivity index (χ2n) is 7.96. The summed E-state index contributed by atoms with van der Waals surface area (Å²) in [5.41, 5.74) is 2.24. The molecule has 0 radical (unpaired) electrons. The topological polar surface area (TPSA) is 102 Å². The molecule has 7 nitrogen and oxygen atoms in total. The van der Waals surface area contributed by atoms with E-state index in [1.54, 1.807) is 48.5 Å². The van der Waals surface area contributed by atoms with Crippen LogP contribution in [0.3, 0.4) is 0 Å². The van der Waals surface area contributed by atoms with Gasteiger partial charge < -0.3 is 10.2 Å². The number of amides is 1. The van der Waals surface area contributed by atoms with Gasteiger partial charge in [-0.1, -0.05) is 17.7 Å². The molecular weight excluding hydrogens is 412 g/mol. The highest BCUT2D eigenvalue weighted by Gasteiger charge is 2.23. The monoisotopic (exact) mass is 440 g/mol. The Hall–Kier alpha value is -2.73. The Morgan fingerprint density at radius 3 is 2.55 bits per heavy atom. The molecule has 2 aromatic rings. The summed E-state index contributed by atoms with van der Waals surface area (Å²) in [4.78, 5) is 14.7. The summed E-state index contributed by atoms with van der Waals surface area (Å²) in [7, 11) is -3.51. The third-order valence-electron chi connectivity index (χ3n) is 5.45. The zero-order chi connectivity index (χ0) is 22.3. The lowest BCUT2D eigenvalue weighted by Gasteiger charge is -2.32. The molecule has 1 unspecified atom stereocenters. The lowest BCUT2D eigenvalue weighted by atomic mass is 9.98. The third-order valence-corrected chi connectivity index (χ3v) is 6.89. The molecule has 0 saturated carbocycles. The van der Waals surface area contributed by atoms with E-state index in [-0.39, 0.29) is 16.7 Å². The summed E-state index contributed by atoms with van der Waals surface area (Å²) in [5.74, 6) is 0.141. The van der Waals surface area contributed by atoms with Crippen LogP contribution in [0.15, 0.2) is 53.4 Å². The number of rotatable bonds is 8. The van der Waals surface area contributed by atoms with E-state index in [4.69, 9.17) is 5.26 Å². The van der Waals surface area contributed by atoms with E-state index in [1.807, 2.05) is 13.0 Å². The van der Waals surface area contributed by atoms with Crippen LogP contribution < -0.4 is 10.0 Å². The average Bonchev–Trinajstić information content (AvgIpc) is 2.77. The minimum atomic E-state index is -3.51. The molecule has 2 aromatic carbocycles. The van der Waals surface area contributed by atoms with Crippen LogP contribution in [0.5, 0.6) is 0 Å². The van der Waals surface area contributed by atoms with Gasteiger partial charge in [0.1, 0.15) is 0 Å². The van der Waals surface area contributed by atoms with Gasteiger partial charge in [0.15, 0.2) is 0 Å². The van der Waals surface area contributed by atoms with E-state index in [0.29, 0.717) is 30.8 Å². The number of carbonyl (C=O) groups is 1. The van der Waals surface area contributed by atoms with Gasteiger partial charge in [-0.05, 0) is 68.6 Å². The first-order valence-electron chi connectivity index (χ1n) is 10.4. The van der Waals surface area contributed by atoms with E-state index >= 15 is 0 Å². The summed E-state index contributed by atoms with van der Waals surface area (Å²) in [6.07, 6.45) is 2.31. The van der Waals surface area contributed by atoms with Crippen molar-refractivity contribution in [3.05, 3.63) is 59.7 Å². The summed E-state index contributed by atoms with van der Waals surface area (Å²) in [6.45, 7) is 4.62. The third kappa shape index (κ3) is 6.89. The smallest absolute Gasteiger partial charge is 0.240 e. The number of hydrogen-bond acceptors (Lipinski definition) is 5. The minimum absolute atomic E-state index is 0.0769. The number of carbonyl (C=O) groups excluding carboxylic acids is 1. The Bertz CT molecular complexity index is 1030. The maximum atomic E-state index is 12.5. The SMILES string of the molecule is Cc1ccc(S(=O)(=O)NCC2CCCN(CCC(=O)Nc3ccc(C#N)cc3)C2)cc1. The summed E-state index contributed by atoms with van der Waals surface area (Å²) in [6, 6.07) is 15.6. The molecule has 31 heavy (non-hydrogen) atoms. The molecule has 1 heterocycles. The molecule has 164 valence electrons. The molecule has 2 N–H and O–H groups in total. The van der Waals surface area contributed by atoms with Crippen molar-refractivity contribution in [2.24, 2.45) is 5.92 Å². The van der Waals surface area contributed by atoms with Crippen LogP contribution in [-0.2, 0) is 14.8 Å². The molecule has 1 saturated heterocycles. The minimum Gasteiger partial charge on any atom is -0.326 e. The van der Waals surface area contributed by atoms with Crippen molar-refractivity contribution in [3.63, 3.8) is 0 Å². The zero-order valence-corrected chi connectivity index (χ0v) is 18.5. The van der Waals surface area contributed by atoms with Gasteiger partial charge in [-0.2, -0.15) is 5.26 Å². The zero-order valence-electron chi connectivity index (χ0n) is 17.7. The van der Waals surface area contributed by atoms with Gasteiger partial charge in [-0.3, -0.25) is 4.79 Å². The Kier molecular flexibility index (Phi) is 7.80. The van der Waals surface area contributed by atoms with Crippen LogP contribution >= 0.6 is 0 Å². The van der Waals surface area contributed by atoms with E-state index in [9.17, 15) is 13.2 Å². The van der Waals surface area contributed by atoms with Gasteiger partial charge in [0.2, 0.25) is 15.9 Å². The number of benzene rings is 2. The predicted molar refractivity (Wildman–Crippen MR) is 120 cm³/mol. The van der Waals surface area contributed by atoms with Crippen LogP contribution in [0.4, 0.5) is 5.69 Å². The molecule has 1 aliphatic rings. The Morgan fingerprint density at radius 1 is 1.16 bits per heavy atom. The molecule has 8 heteroatoms. The highest BCUT2D eigenvalue weighted by atomic mass is 32.2. The molecule has 3 rings (SSSR count). The van der Waals surface area contributed by atoms with E-state index in [2.05, 4.69) is 14.9 Å². The highest BCUT2D eigenvalue weighted by molar-refractivity contribution is 7.89. The lowest BCUT2D eigenvalue weighted by Crippen LogP contribution is -2.41. The maximum Gasteiger partial charge on any atom is 0.240 e. The second kappa shape index (κ2) is 10.5. The first-order valence-corrected chi connectivity index (χ1v) is 11.9. The molecule has 0 bridgehead atoms. The Labute approximate surface area is 184 Å². The maximum absolute atomic E-state index is 12.5. The first-order chi connectivity index (χ1) is 14.9. The van der Waals surface area contributed by atoms with Crippen molar-refractivity contribution in [3.8, 4) is 6.07 Å².